The van der Waals surface area contributed by atoms with Gasteiger partial charge in [0.15, 0.2) is 0 Å². The molecule has 0 aliphatic rings. The number of carbonyl (C=O) groups is 1. The second-order valence-corrected chi connectivity index (χ2v) is 9.72. The zero-order chi connectivity index (χ0) is 27.5. The monoisotopic (exact) mass is 548 g/mol. The Bertz CT molecular complexity index is 1650. The number of nitrogens with one attached hydrogen (secondary N) is 2. The van der Waals surface area contributed by atoms with E-state index in [9.17, 15) is 22.5 Å². The fraction of sp³-hybridized carbons (Fsp3) is 0.103. The smallest absolute Gasteiger partial charge is 0.225 e. The van der Waals surface area contributed by atoms with E-state index in [4.69, 9.17) is 5.73 Å². The highest BCUT2D eigenvalue weighted by molar-refractivity contribution is 7.93. The summed E-state index contributed by atoms with van der Waals surface area (Å²) in [6, 6.07) is 17.0. The standard InChI is InChI=1S/C29H23F3N4O2S/c30-19-4-6-25-24(14-19)18(15-34-25)12-28(37)35-26(10-16-8-20(31)13-21(32)9-16)29-23(5-7-27(33)36-29)17-2-1-3-22(11-17)39-38/h1-9,11,13-15,26,34,38H,10,12H2,(H2,33,36)(H,35,37). The SMILES string of the molecule is Nc1ccc(-c2cccc(SO)c2)c(C(Cc2cc(F)cc(F)c2)NC(=O)Cc2c[nH]c3ccc(F)cc23)n1. The summed E-state index contributed by atoms with van der Waals surface area (Å²) < 4.78 is 51.5. The maximum absolute atomic E-state index is 14.0. The van der Waals surface area contributed by atoms with Crippen molar-refractivity contribution < 1.29 is 22.5 Å². The van der Waals surface area contributed by atoms with E-state index in [1.165, 1.54) is 24.3 Å². The first-order chi connectivity index (χ1) is 18.8. The minimum absolute atomic E-state index is 0.0147. The molecule has 39 heavy (non-hydrogen) atoms. The number of pyridine rings is 1. The minimum Gasteiger partial charge on any atom is -0.384 e. The van der Waals surface area contributed by atoms with E-state index in [1.54, 1.807) is 42.6 Å². The lowest BCUT2D eigenvalue weighted by atomic mass is 9.95. The lowest BCUT2D eigenvalue weighted by Gasteiger charge is -2.22. The van der Waals surface area contributed by atoms with E-state index in [0.717, 1.165) is 6.07 Å². The van der Waals surface area contributed by atoms with Crippen molar-refractivity contribution in [1.29, 1.82) is 0 Å². The number of anilines is 1. The summed E-state index contributed by atoms with van der Waals surface area (Å²) in [6.45, 7) is 0. The van der Waals surface area contributed by atoms with Crippen LogP contribution in [0.2, 0.25) is 0 Å². The van der Waals surface area contributed by atoms with Crippen LogP contribution in [0.1, 0.15) is 22.9 Å². The van der Waals surface area contributed by atoms with Crippen LogP contribution in [0.3, 0.4) is 0 Å². The molecule has 0 spiro atoms. The van der Waals surface area contributed by atoms with Crippen molar-refractivity contribution >= 4 is 34.7 Å². The van der Waals surface area contributed by atoms with Gasteiger partial charge in [0, 0.05) is 45.7 Å². The first kappa shape index (κ1) is 26.3. The number of nitrogens with two attached hydrogens (primary N) is 1. The first-order valence-electron chi connectivity index (χ1n) is 12.0. The molecule has 10 heteroatoms. The lowest BCUT2D eigenvalue weighted by Crippen LogP contribution is -2.32. The molecule has 1 atom stereocenters. The maximum atomic E-state index is 14.0. The number of aromatic amines is 1. The predicted molar refractivity (Wildman–Crippen MR) is 145 cm³/mol. The zero-order valence-corrected chi connectivity index (χ0v) is 21.2. The Kier molecular flexibility index (Phi) is 7.58. The quantitative estimate of drug-likeness (QED) is 0.167. The molecule has 1 unspecified atom stereocenters. The van der Waals surface area contributed by atoms with Crippen molar-refractivity contribution in [2.45, 2.75) is 23.8 Å². The van der Waals surface area contributed by atoms with Gasteiger partial charge < -0.3 is 20.6 Å². The molecule has 5 N–H and O–H groups in total. The Balaban J connectivity index is 1.53. The van der Waals surface area contributed by atoms with Crippen LogP contribution in [-0.4, -0.2) is 20.4 Å². The van der Waals surface area contributed by atoms with Crippen LogP contribution in [0, 0.1) is 17.5 Å². The van der Waals surface area contributed by atoms with Crippen molar-refractivity contribution in [2.75, 3.05) is 5.73 Å². The normalized spacial score (nSPS) is 12.0. The summed E-state index contributed by atoms with van der Waals surface area (Å²) in [5, 5.41) is 3.52. The molecule has 0 radical (unpaired) electrons. The van der Waals surface area contributed by atoms with E-state index in [1.807, 2.05) is 6.07 Å². The molecule has 1 amide bonds. The van der Waals surface area contributed by atoms with Crippen molar-refractivity contribution in [1.82, 2.24) is 15.3 Å². The zero-order valence-electron chi connectivity index (χ0n) is 20.4. The molecule has 198 valence electrons. The number of amides is 1. The molecule has 0 saturated heterocycles. The average Bonchev–Trinajstić information content (AvgIpc) is 3.29. The Morgan fingerprint density at radius 3 is 2.56 bits per heavy atom. The summed E-state index contributed by atoms with van der Waals surface area (Å²) in [7, 11) is 0. The summed E-state index contributed by atoms with van der Waals surface area (Å²) in [6.07, 6.45) is 1.58. The summed E-state index contributed by atoms with van der Waals surface area (Å²) in [5.41, 5.74) is 9.32. The Morgan fingerprint density at radius 2 is 1.79 bits per heavy atom. The van der Waals surface area contributed by atoms with Crippen LogP contribution in [0.4, 0.5) is 19.0 Å². The van der Waals surface area contributed by atoms with Crippen LogP contribution < -0.4 is 11.1 Å². The third-order valence-electron chi connectivity index (χ3n) is 6.30. The molecular weight excluding hydrogens is 525 g/mol. The number of nitrogens with zero attached hydrogens (tertiary/aromatic N) is 1. The highest BCUT2D eigenvalue weighted by atomic mass is 32.2. The molecule has 3 aromatic carbocycles. The highest BCUT2D eigenvalue weighted by Crippen LogP contribution is 2.32. The number of hydrogen-bond donors (Lipinski definition) is 4. The van der Waals surface area contributed by atoms with Crippen LogP contribution in [-0.2, 0) is 17.6 Å². The Labute approximate surface area is 226 Å². The number of rotatable bonds is 8. The van der Waals surface area contributed by atoms with E-state index in [0.29, 0.717) is 55.8 Å². The highest BCUT2D eigenvalue weighted by Gasteiger charge is 2.23. The van der Waals surface area contributed by atoms with E-state index in [2.05, 4.69) is 15.3 Å². The van der Waals surface area contributed by atoms with Gasteiger partial charge in [-0.3, -0.25) is 4.79 Å². The fourth-order valence-electron chi connectivity index (χ4n) is 4.62. The van der Waals surface area contributed by atoms with Gasteiger partial charge in [-0.2, -0.15) is 0 Å². The topological polar surface area (TPSA) is 104 Å². The third-order valence-corrected chi connectivity index (χ3v) is 6.77. The Morgan fingerprint density at radius 1 is 1.00 bits per heavy atom. The van der Waals surface area contributed by atoms with Crippen LogP contribution in [0.25, 0.3) is 22.0 Å². The molecule has 2 aromatic heterocycles. The van der Waals surface area contributed by atoms with Crippen LogP contribution >= 0.6 is 12.0 Å². The van der Waals surface area contributed by atoms with Crippen molar-refractivity contribution in [3.05, 3.63) is 113 Å². The average molecular weight is 549 g/mol. The second kappa shape index (κ2) is 11.2. The largest absolute Gasteiger partial charge is 0.384 e. The molecule has 0 aliphatic heterocycles. The van der Waals surface area contributed by atoms with Gasteiger partial charge in [-0.05, 0) is 77.7 Å². The van der Waals surface area contributed by atoms with E-state index >= 15 is 0 Å². The number of benzene rings is 3. The fourth-order valence-corrected chi connectivity index (χ4v) is 4.94. The molecule has 2 heterocycles. The van der Waals surface area contributed by atoms with Crippen molar-refractivity contribution in [3.8, 4) is 11.1 Å². The van der Waals surface area contributed by atoms with Gasteiger partial charge in [-0.1, -0.05) is 12.1 Å². The van der Waals surface area contributed by atoms with Crippen LogP contribution in [0.15, 0.2) is 83.9 Å². The van der Waals surface area contributed by atoms with Crippen molar-refractivity contribution in [2.24, 2.45) is 0 Å². The molecule has 5 rings (SSSR count). The number of halogens is 3. The van der Waals surface area contributed by atoms with Gasteiger partial charge in [0.25, 0.3) is 0 Å². The number of H-pyrrole nitrogens is 1. The van der Waals surface area contributed by atoms with Crippen molar-refractivity contribution in [3.63, 3.8) is 0 Å². The van der Waals surface area contributed by atoms with Gasteiger partial charge in [-0.15, -0.1) is 0 Å². The van der Waals surface area contributed by atoms with E-state index in [-0.39, 0.29) is 18.7 Å². The molecule has 0 bridgehead atoms. The summed E-state index contributed by atoms with van der Waals surface area (Å²) in [4.78, 5) is 21.4. The number of carbonyl (C=O) groups excluding carboxylic acids is 1. The van der Waals surface area contributed by atoms with Gasteiger partial charge in [-0.25, -0.2) is 18.2 Å². The molecule has 0 fully saturated rings. The molecule has 0 saturated carbocycles. The molecular formula is C29H23F3N4O2S. The number of hydrogen-bond acceptors (Lipinski definition) is 5. The van der Waals surface area contributed by atoms with Gasteiger partial charge >= 0.3 is 0 Å². The Hall–Kier alpha value is -4.28. The summed E-state index contributed by atoms with van der Waals surface area (Å²) in [5.74, 6) is -2.13. The first-order valence-corrected chi connectivity index (χ1v) is 12.7. The maximum Gasteiger partial charge on any atom is 0.225 e. The number of nitrogen functional groups attached to an aromatic ring is 1. The number of fused-ring (bicyclic) bond motifs is 1. The molecule has 5 aromatic rings. The second-order valence-electron chi connectivity index (χ2n) is 9.07. The molecule has 6 nitrogen and oxygen atoms in total. The van der Waals surface area contributed by atoms with Gasteiger partial charge in [0.05, 0.1) is 18.2 Å². The predicted octanol–water partition coefficient (Wildman–Crippen LogP) is 6.44. The molecule has 0 aliphatic carbocycles. The third kappa shape index (κ3) is 6.08. The lowest BCUT2D eigenvalue weighted by molar-refractivity contribution is -0.121. The van der Waals surface area contributed by atoms with Gasteiger partial charge in [0.2, 0.25) is 5.91 Å². The number of aromatic nitrogens is 2. The minimum atomic E-state index is -0.829. The summed E-state index contributed by atoms with van der Waals surface area (Å²) >= 11 is 0.588. The van der Waals surface area contributed by atoms with Crippen LogP contribution in [0.5, 0.6) is 0 Å². The van der Waals surface area contributed by atoms with E-state index < -0.39 is 29.4 Å². The van der Waals surface area contributed by atoms with Gasteiger partial charge in [0.1, 0.15) is 23.3 Å².